The van der Waals surface area contributed by atoms with Crippen molar-refractivity contribution >= 4 is 29.4 Å². The maximum absolute atomic E-state index is 11.9. The molecule has 1 amide bonds. The van der Waals surface area contributed by atoms with Crippen LogP contribution < -0.4 is 5.32 Å². The third-order valence-electron chi connectivity index (χ3n) is 4.03. The van der Waals surface area contributed by atoms with Crippen molar-refractivity contribution in [3.05, 3.63) is 0 Å². The van der Waals surface area contributed by atoms with Crippen molar-refractivity contribution < 1.29 is 4.79 Å². The van der Waals surface area contributed by atoms with E-state index in [2.05, 4.69) is 38.6 Å². The Morgan fingerprint density at radius 2 is 1.78 bits per heavy atom. The fourth-order valence-corrected chi connectivity index (χ4v) is 5.57. The monoisotopic (exact) mass is 287 g/mol. The highest BCUT2D eigenvalue weighted by atomic mass is 32.2. The van der Waals surface area contributed by atoms with Gasteiger partial charge in [0.05, 0.1) is 0 Å². The van der Waals surface area contributed by atoms with Crippen molar-refractivity contribution in [1.82, 2.24) is 15.1 Å². The fraction of sp³-hybridized carbons (Fsp3) is 0.917. The summed E-state index contributed by atoms with van der Waals surface area (Å²) in [7, 11) is 0. The van der Waals surface area contributed by atoms with Crippen molar-refractivity contribution in [2.24, 2.45) is 0 Å². The number of amides is 1. The van der Waals surface area contributed by atoms with E-state index in [1.165, 1.54) is 23.0 Å². The van der Waals surface area contributed by atoms with Crippen LogP contribution in [0.4, 0.5) is 0 Å². The summed E-state index contributed by atoms with van der Waals surface area (Å²) in [6.07, 6.45) is 0. The second-order valence-corrected chi connectivity index (χ2v) is 7.44. The quantitative estimate of drug-likeness (QED) is 0.732. The van der Waals surface area contributed by atoms with Crippen molar-refractivity contribution in [1.29, 1.82) is 0 Å². The van der Waals surface area contributed by atoms with Gasteiger partial charge in [0, 0.05) is 61.8 Å². The number of thioether (sulfide) groups is 2. The third-order valence-corrected chi connectivity index (χ3v) is 6.52. The van der Waals surface area contributed by atoms with Crippen molar-refractivity contribution in [3.63, 3.8) is 0 Å². The molecule has 1 atom stereocenters. The lowest BCUT2D eigenvalue weighted by Gasteiger charge is -2.45. The molecule has 0 aromatic heterocycles. The summed E-state index contributed by atoms with van der Waals surface area (Å²) >= 11 is 4.14. The summed E-state index contributed by atoms with van der Waals surface area (Å²) in [4.78, 5) is 16.8. The minimum Gasteiger partial charge on any atom is -0.353 e. The first-order chi connectivity index (χ1) is 8.84. The lowest BCUT2D eigenvalue weighted by Crippen LogP contribution is -2.65. The second kappa shape index (κ2) is 6.03. The number of carbonyl (C=O) groups is 1. The molecule has 0 aromatic rings. The third kappa shape index (κ3) is 2.81. The second-order valence-electron chi connectivity index (χ2n) is 5.14. The van der Waals surface area contributed by atoms with E-state index in [0.717, 1.165) is 32.7 Å². The molecule has 0 aliphatic carbocycles. The number of nitrogens with zero attached hydrogens (tertiary/aromatic N) is 2. The van der Waals surface area contributed by atoms with Crippen LogP contribution in [0, 0.1) is 0 Å². The molecule has 3 heterocycles. The van der Waals surface area contributed by atoms with Crippen molar-refractivity contribution in [2.45, 2.75) is 12.1 Å². The van der Waals surface area contributed by atoms with E-state index in [4.69, 9.17) is 0 Å². The van der Waals surface area contributed by atoms with Crippen LogP contribution >= 0.6 is 23.5 Å². The number of rotatable bonds is 1. The van der Waals surface area contributed by atoms with Crippen LogP contribution in [0.25, 0.3) is 0 Å². The van der Waals surface area contributed by atoms with E-state index in [0.29, 0.717) is 6.04 Å². The first kappa shape index (κ1) is 13.1. The standard InChI is InChI=1S/C12H21N3OS2/c16-12-11-7-15(4-3-14(11)2-1-13-12)10-8-17-5-6-18-9-10/h10-11H,1-9H2,(H,13,16)/t11-/m1/s1. The molecule has 0 unspecified atom stereocenters. The lowest BCUT2D eigenvalue weighted by atomic mass is 10.1. The largest absolute Gasteiger partial charge is 0.353 e. The Hall–Kier alpha value is 0.0900. The number of fused-ring (bicyclic) bond motifs is 1. The molecule has 18 heavy (non-hydrogen) atoms. The van der Waals surface area contributed by atoms with Gasteiger partial charge in [-0.15, -0.1) is 0 Å². The average Bonchev–Trinajstić information content (AvgIpc) is 2.68. The van der Waals surface area contributed by atoms with Crippen LogP contribution in [0.5, 0.6) is 0 Å². The van der Waals surface area contributed by atoms with Gasteiger partial charge in [0.15, 0.2) is 0 Å². The first-order valence-corrected chi connectivity index (χ1v) is 9.07. The topological polar surface area (TPSA) is 35.6 Å². The predicted molar refractivity (Wildman–Crippen MR) is 78.4 cm³/mol. The van der Waals surface area contributed by atoms with E-state index >= 15 is 0 Å². The van der Waals surface area contributed by atoms with E-state index in [1.54, 1.807) is 0 Å². The summed E-state index contributed by atoms with van der Waals surface area (Å²) in [5, 5.41) is 3.00. The van der Waals surface area contributed by atoms with Gasteiger partial charge in [-0.05, 0) is 0 Å². The number of piperazine rings is 2. The molecule has 0 bridgehead atoms. The van der Waals surface area contributed by atoms with Crippen molar-refractivity contribution in [2.75, 3.05) is 55.7 Å². The Labute approximate surface area is 117 Å². The van der Waals surface area contributed by atoms with Gasteiger partial charge in [0.2, 0.25) is 5.91 Å². The molecule has 3 aliphatic rings. The highest BCUT2D eigenvalue weighted by Crippen LogP contribution is 2.23. The zero-order valence-electron chi connectivity index (χ0n) is 10.6. The van der Waals surface area contributed by atoms with Crippen molar-refractivity contribution in [3.8, 4) is 0 Å². The summed E-state index contributed by atoms with van der Waals surface area (Å²) < 4.78 is 0. The summed E-state index contributed by atoms with van der Waals surface area (Å²) in [6.45, 7) is 4.97. The Kier molecular flexibility index (Phi) is 4.38. The number of nitrogens with one attached hydrogen (secondary N) is 1. The zero-order valence-corrected chi connectivity index (χ0v) is 12.3. The molecule has 3 saturated heterocycles. The summed E-state index contributed by atoms with van der Waals surface area (Å²) in [5.74, 6) is 5.28. The number of hydrogen-bond acceptors (Lipinski definition) is 5. The van der Waals surface area contributed by atoms with Crippen LogP contribution in [-0.4, -0.2) is 83.5 Å². The summed E-state index contributed by atoms with van der Waals surface area (Å²) in [6, 6.07) is 0.769. The van der Waals surface area contributed by atoms with Crippen LogP contribution in [0.2, 0.25) is 0 Å². The van der Waals surface area contributed by atoms with E-state index in [-0.39, 0.29) is 11.9 Å². The highest BCUT2D eigenvalue weighted by Gasteiger charge is 2.36. The lowest BCUT2D eigenvalue weighted by molar-refractivity contribution is -0.132. The maximum Gasteiger partial charge on any atom is 0.238 e. The molecule has 102 valence electrons. The van der Waals surface area contributed by atoms with Crippen LogP contribution in [-0.2, 0) is 4.79 Å². The molecule has 3 aliphatic heterocycles. The molecule has 0 aromatic carbocycles. The summed E-state index contributed by atoms with van der Waals surface area (Å²) in [5.41, 5.74) is 0. The van der Waals surface area contributed by atoms with Gasteiger partial charge in [-0.2, -0.15) is 23.5 Å². The first-order valence-electron chi connectivity index (χ1n) is 6.76. The molecule has 3 fully saturated rings. The van der Waals surface area contributed by atoms with Crippen LogP contribution in [0.15, 0.2) is 0 Å². The molecule has 1 N–H and O–H groups in total. The normalized spacial score (nSPS) is 32.7. The Balaban J connectivity index is 1.62. The number of hydrogen-bond donors (Lipinski definition) is 1. The minimum atomic E-state index is 0.103. The van der Waals surface area contributed by atoms with Gasteiger partial charge in [-0.1, -0.05) is 0 Å². The van der Waals surface area contributed by atoms with Gasteiger partial charge >= 0.3 is 0 Å². The predicted octanol–water partition coefficient (Wildman–Crippen LogP) is -0.0490. The molecule has 0 saturated carbocycles. The Bertz CT molecular complexity index is 308. The van der Waals surface area contributed by atoms with E-state index in [1.807, 2.05) is 0 Å². The van der Waals surface area contributed by atoms with E-state index < -0.39 is 0 Å². The molecular formula is C12H21N3OS2. The smallest absolute Gasteiger partial charge is 0.238 e. The minimum absolute atomic E-state index is 0.103. The molecule has 6 heteroatoms. The number of carbonyl (C=O) groups excluding carboxylic acids is 1. The Morgan fingerprint density at radius 3 is 2.56 bits per heavy atom. The maximum atomic E-state index is 11.9. The van der Waals surface area contributed by atoms with Gasteiger partial charge in [-0.3, -0.25) is 14.6 Å². The van der Waals surface area contributed by atoms with Gasteiger partial charge in [-0.25, -0.2) is 0 Å². The van der Waals surface area contributed by atoms with Gasteiger partial charge in [0.1, 0.15) is 6.04 Å². The fourth-order valence-electron chi connectivity index (χ4n) is 2.95. The molecule has 3 rings (SSSR count). The van der Waals surface area contributed by atoms with Crippen LogP contribution in [0.3, 0.4) is 0 Å². The van der Waals surface area contributed by atoms with Gasteiger partial charge in [0.25, 0.3) is 0 Å². The SMILES string of the molecule is O=C1NCCN2CCN(C3CSCCSC3)C[C@H]12. The average molecular weight is 287 g/mol. The van der Waals surface area contributed by atoms with Crippen LogP contribution in [0.1, 0.15) is 0 Å². The van der Waals surface area contributed by atoms with E-state index in [9.17, 15) is 4.79 Å². The molecule has 0 radical (unpaired) electrons. The molecule has 4 nitrogen and oxygen atoms in total. The zero-order chi connectivity index (χ0) is 12.4. The van der Waals surface area contributed by atoms with Gasteiger partial charge < -0.3 is 5.32 Å². The molecule has 0 spiro atoms. The highest BCUT2D eigenvalue weighted by molar-refractivity contribution is 8.03. The molecular weight excluding hydrogens is 266 g/mol. The Morgan fingerprint density at radius 1 is 1.06 bits per heavy atom.